The van der Waals surface area contributed by atoms with Crippen molar-refractivity contribution < 1.29 is 14.6 Å². The number of hydrogen-bond donors (Lipinski definition) is 1. The summed E-state index contributed by atoms with van der Waals surface area (Å²) in [4.78, 5) is 21.8. The summed E-state index contributed by atoms with van der Waals surface area (Å²) in [7, 11) is 1.67. The molecule has 8 nitrogen and oxygen atoms in total. The summed E-state index contributed by atoms with van der Waals surface area (Å²) in [6.07, 6.45) is 2.73. The summed E-state index contributed by atoms with van der Waals surface area (Å²) in [6, 6.07) is 1.22. The number of hydrogen-bond acceptors (Lipinski definition) is 6. The van der Waals surface area contributed by atoms with Gasteiger partial charge >= 0.3 is 18.0 Å². The number of aryl methyl sites for hydroxylation is 1. The Hall–Kier alpha value is -2.51. The molecule has 0 radical (unpaired) electrons. The quantitative estimate of drug-likeness (QED) is 0.783. The topological polar surface area (TPSA) is 103 Å². The van der Waals surface area contributed by atoms with E-state index in [0.717, 1.165) is 0 Å². The molecule has 16 heavy (non-hydrogen) atoms. The summed E-state index contributed by atoms with van der Waals surface area (Å²) in [6.45, 7) is 0. The molecule has 0 aliphatic carbocycles. The first-order valence-electron chi connectivity index (χ1n) is 4.25. The maximum Gasteiger partial charge on any atom is 0.354 e. The Morgan fingerprint density at radius 3 is 2.88 bits per heavy atom. The summed E-state index contributed by atoms with van der Waals surface area (Å²) in [5.74, 6) is -1.15. The predicted molar refractivity (Wildman–Crippen MR) is 50.1 cm³/mol. The zero-order valence-electron chi connectivity index (χ0n) is 8.23. The smallest absolute Gasteiger partial charge is 0.354 e. The zero-order chi connectivity index (χ0) is 11.5. The molecular weight excluding hydrogens is 214 g/mol. The fourth-order valence-corrected chi connectivity index (χ4v) is 0.957. The van der Waals surface area contributed by atoms with Crippen LogP contribution in [0, 0.1) is 0 Å². The minimum absolute atomic E-state index is 0.0602. The molecule has 2 aromatic heterocycles. The second kappa shape index (κ2) is 3.93. The molecule has 2 rings (SSSR count). The van der Waals surface area contributed by atoms with Crippen LogP contribution in [0.4, 0.5) is 0 Å². The van der Waals surface area contributed by atoms with E-state index in [1.165, 1.54) is 23.3 Å². The number of carboxylic acids is 1. The van der Waals surface area contributed by atoms with Gasteiger partial charge < -0.3 is 9.84 Å². The normalized spacial score (nSPS) is 10.1. The third-order valence-electron chi connectivity index (χ3n) is 1.61. The molecule has 0 atom stereocenters. The van der Waals surface area contributed by atoms with Gasteiger partial charge in [0.2, 0.25) is 0 Å². The van der Waals surface area contributed by atoms with Crippen molar-refractivity contribution in [2.75, 3.05) is 0 Å². The van der Waals surface area contributed by atoms with E-state index >= 15 is 0 Å². The Labute approximate surface area is 89.6 Å². The van der Waals surface area contributed by atoms with Gasteiger partial charge in [0.05, 0.1) is 0 Å². The summed E-state index contributed by atoms with van der Waals surface area (Å²) >= 11 is 0. The monoisotopic (exact) mass is 221 g/mol. The van der Waals surface area contributed by atoms with Crippen LogP contribution in [0.1, 0.15) is 10.5 Å². The van der Waals surface area contributed by atoms with Crippen LogP contribution < -0.4 is 4.74 Å². The van der Waals surface area contributed by atoms with Crippen LogP contribution in [0.25, 0.3) is 0 Å². The molecule has 0 aliphatic heterocycles. The van der Waals surface area contributed by atoms with Crippen molar-refractivity contribution >= 4 is 5.97 Å². The molecule has 2 heterocycles. The fourth-order valence-electron chi connectivity index (χ4n) is 0.957. The second-order valence-electron chi connectivity index (χ2n) is 2.83. The highest BCUT2D eigenvalue weighted by atomic mass is 16.5. The first-order chi connectivity index (χ1) is 7.65. The molecule has 0 unspecified atom stereocenters. The SMILES string of the molecule is Cn1cnc(Oc2nccc(C(=O)O)n2)n1. The van der Waals surface area contributed by atoms with E-state index < -0.39 is 5.97 Å². The van der Waals surface area contributed by atoms with E-state index in [4.69, 9.17) is 9.84 Å². The third kappa shape index (κ3) is 2.11. The first-order valence-corrected chi connectivity index (χ1v) is 4.25. The average molecular weight is 221 g/mol. The summed E-state index contributed by atoms with van der Waals surface area (Å²) in [5, 5.41) is 12.5. The van der Waals surface area contributed by atoms with Crippen LogP contribution in [0.3, 0.4) is 0 Å². The number of aromatic carboxylic acids is 1. The van der Waals surface area contributed by atoms with Crippen LogP contribution in [-0.2, 0) is 7.05 Å². The van der Waals surface area contributed by atoms with Crippen molar-refractivity contribution in [3.05, 3.63) is 24.3 Å². The van der Waals surface area contributed by atoms with Gasteiger partial charge in [-0.15, -0.1) is 5.10 Å². The van der Waals surface area contributed by atoms with E-state index in [1.54, 1.807) is 7.05 Å². The molecule has 0 fully saturated rings. The Morgan fingerprint density at radius 1 is 1.44 bits per heavy atom. The number of nitrogens with zero attached hydrogens (tertiary/aromatic N) is 5. The summed E-state index contributed by atoms with van der Waals surface area (Å²) < 4.78 is 6.50. The lowest BCUT2D eigenvalue weighted by molar-refractivity contribution is 0.0689. The van der Waals surface area contributed by atoms with Gasteiger partial charge in [-0.2, -0.15) is 9.97 Å². The highest BCUT2D eigenvalue weighted by Crippen LogP contribution is 2.11. The standard InChI is InChI=1S/C8H7N5O3/c1-13-4-10-8(12-13)16-7-9-3-2-5(11-7)6(14)15/h2-4H,1H3,(H,14,15). The fraction of sp³-hybridized carbons (Fsp3) is 0.125. The maximum atomic E-state index is 10.6. The van der Waals surface area contributed by atoms with Crippen LogP contribution >= 0.6 is 0 Å². The molecule has 0 amide bonds. The van der Waals surface area contributed by atoms with Crippen molar-refractivity contribution in [3.63, 3.8) is 0 Å². The molecule has 0 saturated heterocycles. The zero-order valence-corrected chi connectivity index (χ0v) is 8.23. The number of ether oxygens (including phenoxy) is 1. The number of aromatic nitrogens is 5. The first kappa shape index (κ1) is 10.0. The van der Waals surface area contributed by atoms with Crippen LogP contribution in [0.15, 0.2) is 18.6 Å². The molecule has 0 aromatic carbocycles. The number of carbonyl (C=O) groups is 1. The molecule has 8 heteroatoms. The van der Waals surface area contributed by atoms with Gasteiger partial charge in [0, 0.05) is 13.2 Å². The Balaban J connectivity index is 2.21. The van der Waals surface area contributed by atoms with Crippen molar-refractivity contribution in [3.8, 4) is 12.0 Å². The molecule has 82 valence electrons. The minimum Gasteiger partial charge on any atom is -0.477 e. The average Bonchev–Trinajstić information content (AvgIpc) is 2.64. The Morgan fingerprint density at radius 2 is 2.25 bits per heavy atom. The molecule has 0 saturated carbocycles. The predicted octanol–water partition coefficient (Wildman–Crippen LogP) is 0.0956. The van der Waals surface area contributed by atoms with E-state index in [9.17, 15) is 4.79 Å². The Kier molecular flexibility index (Phi) is 2.46. The van der Waals surface area contributed by atoms with E-state index in [2.05, 4.69) is 20.1 Å². The van der Waals surface area contributed by atoms with E-state index in [-0.39, 0.29) is 17.7 Å². The lowest BCUT2D eigenvalue weighted by Crippen LogP contribution is -2.02. The van der Waals surface area contributed by atoms with Crippen molar-refractivity contribution in [1.29, 1.82) is 0 Å². The van der Waals surface area contributed by atoms with E-state index in [0.29, 0.717) is 0 Å². The maximum absolute atomic E-state index is 10.6. The third-order valence-corrected chi connectivity index (χ3v) is 1.61. The van der Waals surface area contributed by atoms with Gasteiger partial charge in [-0.3, -0.25) is 4.68 Å². The highest BCUT2D eigenvalue weighted by Gasteiger charge is 2.09. The number of rotatable bonds is 3. The molecule has 0 spiro atoms. The minimum atomic E-state index is -1.15. The molecule has 0 aliphatic rings. The Bertz CT molecular complexity index is 524. The molecule has 2 aromatic rings. The van der Waals surface area contributed by atoms with Crippen molar-refractivity contribution in [2.45, 2.75) is 0 Å². The van der Waals surface area contributed by atoms with Crippen LogP contribution in [-0.4, -0.2) is 35.8 Å². The van der Waals surface area contributed by atoms with Gasteiger partial charge in [-0.05, 0) is 6.07 Å². The van der Waals surface area contributed by atoms with Crippen LogP contribution in [0.5, 0.6) is 12.0 Å². The van der Waals surface area contributed by atoms with Crippen LogP contribution in [0.2, 0.25) is 0 Å². The van der Waals surface area contributed by atoms with Gasteiger partial charge in [0.15, 0.2) is 5.69 Å². The van der Waals surface area contributed by atoms with Crippen molar-refractivity contribution in [1.82, 2.24) is 24.7 Å². The lowest BCUT2D eigenvalue weighted by atomic mass is 10.4. The number of carboxylic acid groups (broad SMARTS) is 1. The largest absolute Gasteiger partial charge is 0.477 e. The van der Waals surface area contributed by atoms with Gasteiger partial charge in [0.25, 0.3) is 0 Å². The van der Waals surface area contributed by atoms with Gasteiger partial charge in [-0.1, -0.05) is 0 Å². The highest BCUT2D eigenvalue weighted by molar-refractivity contribution is 5.85. The van der Waals surface area contributed by atoms with Gasteiger partial charge in [0.1, 0.15) is 6.33 Å². The van der Waals surface area contributed by atoms with Gasteiger partial charge in [-0.25, -0.2) is 9.78 Å². The van der Waals surface area contributed by atoms with E-state index in [1.807, 2.05) is 0 Å². The lowest BCUT2D eigenvalue weighted by Gasteiger charge is -1.98. The van der Waals surface area contributed by atoms with Crippen molar-refractivity contribution in [2.24, 2.45) is 7.05 Å². The summed E-state index contributed by atoms with van der Waals surface area (Å²) in [5.41, 5.74) is -0.152. The molecule has 0 bridgehead atoms. The second-order valence-corrected chi connectivity index (χ2v) is 2.83. The molecule has 1 N–H and O–H groups in total. The molecular formula is C8H7N5O3.